The molecule has 1 aromatic heterocycles. The summed E-state index contributed by atoms with van der Waals surface area (Å²) in [6.45, 7) is 0. The second kappa shape index (κ2) is 4.45. The molecular weight excluding hydrogens is 235 g/mol. The number of aromatic nitrogens is 1. The lowest BCUT2D eigenvalue weighted by Gasteiger charge is -2.36. The molecule has 0 amide bonds. The molecule has 0 aliphatic heterocycles. The topological polar surface area (TPSA) is 24.9 Å². The van der Waals surface area contributed by atoms with Gasteiger partial charge in [0.05, 0.1) is 0 Å². The number of halogens is 1. The average Bonchev–Trinajstić information content (AvgIpc) is 2.75. The molecule has 1 aliphatic carbocycles. The molecule has 1 fully saturated rings. The van der Waals surface area contributed by atoms with Gasteiger partial charge in [-0.05, 0) is 36.5 Å². The standard InChI is InChI=1S/C13H13FN2S/c14-11-3-1-2-9(6-11)10-7-12(8-10)16-13-15-4-5-17-13/h1-6,10,12H,7-8H2,(H,15,16). The Hall–Kier alpha value is -1.42. The average molecular weight is 248 g/mol. The summed E-state index contributed by atoms with van der Waals surface area (Å²) < 4.78 is 13.1. The molecule has 3 rings (SSSR count). The maximum Gasteiger partial charge on any atom is 0.182 e. The van der Waals surface area contributed by atoms with Crippen LogP contribution in [0, 0.1) is 5.82 Å². The van der Waals surface area contributed by atoms with Gasteiger partial charge in [0.15, 0.2) is 5.13 Å². The van der Waals surface area contributed by atoms with Crippen LogP contribution in [-0.4, -0.2) is 11.0 Å². The molecule has 1 aliphatic rings. The van der Waals surface area contributed by atoms with Crippen molar-refractivity contribution in [2.75, 3.05) is 5.32 Å². The van der Waals surface area contributed by atoms with E-state index < -0.39 is 0 Å². The van der Waals surface area contributed by atoms with Crippen LogP contribution in [0.1, 0.15) is 24.3 Å². The number of benzene rings is 1. The van der Waals surface area contributed by atoms with Gasteiger partial charge in [-0.1, -0.05) is 12.1 Å². The summed E-state index contributed by atoms with van der Waals surface area (Å²) in [7, 11) is 0. The Morgan fingerprint density at radius 3 is 2.94 bits per heavy atom. The normalized spacial score (nSPS) is 23.1. The van der Waals surface area contributed by atoms with E-state index in [-0.39, 0.29) is 5.82 Å². The highest BCUT2D eigenvalue weighted by Gasteiger charge is 2.30. The van der Waals surface area contributed by atoms with Crippen LogP contribution in [0.4, 0.5) is 9.52 Å². The van der Waals surface area contributed by atoms with E-state index in [9.17, 15) is 4.39 Å². The van der Waals surface area contributed by atoms with Crippen LogP contribution in [0.25, 0.3) is 0 Å². The van der Waals surface area contributed by atoms with Crippen molar-refractivity contribution in [1.29, 1.82) is 0 Å². The summed E-state index contributed by atoms with van der Waals surface area (Å²) in [5.41, 5.74) is 1.11. The van der Waals surface area contributed by atoms with Crippen molar-refractivity contribution in [2.45, 2.75) is 24.8 Å². The number of nitrogens with one attached hydrogen (secondary N) is 1. The van der Waals surface area contributed by atoms with Crippen molar-refractivity contribution in [1.82, 2.24) is 4.98 Å². The Kier molecular flexibility index (Phi) is 2.81. The summed E-state index contributed by atoms with van der Waals surface area (Å²) in [6.07, 6.45) is 3.92. The number of anilines is 1. The zero-order valence-corrected chi connectivity index (χ0v) is 10.1. The van der Waals surface area contributed by atoms with E-state index in [1.165, 1.54) is 6.07 Å². The fourth-order valence-electron chi connectivity index (χ4n) is 2.24. The van der Waals surface area contributed by atoms with Crippen LogP contribution in [0.15, 0.2) is 35.8 Å². The maximum atomic E-state index is 13.1. The molecule has 1 saturated carbocycles. The summed E-state index contributed by atoms with van der Waals surface area (Å²) in [5.74, 6) is 0.349. The Morgan fingerprint density at radius 2 is 2.24 bits per heavy atom. The zero-order chi connectivity index (χ0) is 11.7. The fraction of sp³-hybridized carbons (Fsp3) is 0.308. The van der Waals surface area contributed by atoms with Gasteiger partial charge in [-0.25, -0.2) is 9.37 Å². The minimum absolute atomic E-state index is 0.140. The predicted molar refractivity (Wildman–Crippen MR) is 67.9 cm³/mol. The highest BCUT2D eigenvalue weighted by Crippen LogP contribution is 2.38. The fourth-order valence-corrected chi connectivity index (χ4v) is 2.84. The molecule has 2 nitrogen and oxygen atoms in total. The molecule has 0 unspecified atom stereocenters. The summed E-state index contributed by atoms with van der Waals surface area (Å²) in [6, 6.07) is 7.41. The first-order valence-electron chi connectivity index (χ1n) is 5.73. The predicted octanol–water partition coefficient (Wildman–Crippen LogP) is 3.64. The Morgan fingerprint density at radius 1 is 1.35 bits per heavy atom. The maximum absolute atomic E-state index is 13.1. The zero-order valence-electron chi connectivity index (χ0n) is 9.27. The van der Waals surface area contributed by atoms with Gasteiger partial charge in [0, 0.05) is 17.6 Å². The lowest BCUT2D eigenvalue weighted by atomic mass is 9.76. The molecular formula is C13H13FN2S. The van der Waals surface area contributed by atoms with Crippen LogP contribution in [0.2, 0.25) is 0 Å². The van der Waals surface area contributed by atoms with Gasteiger partial charge in [0.1, 0.15) is 5.82 Å². The van der Waals surface area contributed by atoms with Crippen molar-refractivity contribution in [3.63, 3.8) is 0 Å². The molecule has 0 atom stereocenters. The Balaban J connectivity index is 1.58. The molecule has 17 heavy (non-hydrogen) atoms. The lowest BCUT2D eigenvalue weighted by Crippen LogP contribution is -2.33. The molecule has 88 valence electrons. The van der Waals surface area contributed by atoms with E-state index in [2.05, 4.69) is 10.3 Å². The molecule has 1 heterocycles. The SMILES string of the molecule is Fc1cccc(C2CC(Nc3nccs3)C2)c1. The largest absolute Gasteiger partial charge is 0.359 e. The van der Waals surface area contributed by atoms with E-state index in [1.54, 1.807) is 29.7 Å². The lowest BCUT2D eigenvalue weighted by molar-refractivity contribution is 0.373. The minimum Gasteiger partial charge on any atom is -0.359 e. The van der Waals surface area contributed by atoms with Crippen molar-refractivity contribution in [2.24, 2.45) is 0 Å². The Labute approximate surface area is 104 Å². The second-order valence-electron chi connectivity index (χ2n) is 4.40. The highest BCUT2D eigenvalue weighted by molar-refractivity contribution is 7.13. The number of nitrogens with zero attached hydrogens (tertiary/aromatic N) is 1. The summed E-state index contributed by atoms with van der Waals surface area (Å²) in [5, 5.41) is 6.33. The van der Waals surface area contributed by atoms with Crippen LogP contribution in [-0.2, 0) is 0 Å². The second-order valence-corrected chi connectivity index (χ2v) is 5.30. The van der Waals surface area contributed by atoms with Crippen molar-refractivity contribution in [3.8, 4) is 0 Å². The summed E-state index contributed by atoms with van der Waals surface area (Å²) >= 11 is 1.62. The van der Waals surface area contributed by atoms with Gasteiger partial charge in [0.25, 0.3) is 0 Å². The molecule has 0 radical (unpaired) electrons. The van der Waals surface area contributed by atoms with Crippen LogP contribution in [0.5, 0.6) is 0 Å². The molecule has 0 saturated heterocycles. The molecule has 0 bridgehead atoms. The van der Waals surface area contributed by atoms with Gasteiger partial charge in [-0.15, -0.1) is 11.3 Å². The van der Waals surface area contributed by atoms with Crippen molar-refractivity contribution in [3.05, 3.63) is 47.2 Å². The van der Waals surface area contributed by atoms with E-state index in [1.807, 2.05) is 11.4 Å². The van der Waals surface area contributed by atoms with Gasteiger partial charge in [-0.3, -0.25) is 0 Å². The highest BCUT2D eigenvalue weighted by atomic mass is 32.1. The van der Waals surface area contributed by atoms with Gasteiger partial charge in [-0.2, -0.15) is 0 Å². The van der Waals surface area contributed by atoms with Crippen LogP contribution in [0.3, 0.4) is 0 Å². The number of hydrogen-bond donors (Lipinski definition) is 1. The molecule has 2 aromatic rings. The third kappa shape index (κ3) is 2.31. The minimum atomic E-state index is -0.140. The third-order valence-corrected chi connectivity index (χ3v) is 3.92. The Bertz CT molecular complexity index is 492. The third-order valence-electron chi connectivity index (χ3n) is 3.22. The quantitative estimate of drug-likeness (QED) is 0.897. The first-order valence-corrected chi connectivity index (χ1v) is 6.61. The number of hydrogen-bond acceptors (Lipinski definition) is 3. The number of thiazole rings is 1. The van der Waals surface area contributed by atoms with E-state index in [4.69, 9.17) is 0 Å². The first kappa shape index (κ1) is 10.7. The molecule has 0 spiro atoms. The molecule has 1 N–H and O–H groups in total. The van der Waals surface area contributed by atoms with E-state index in [0.717, 1.165) is 23.5 Å². The van der Waals surface area contributed by atoms with E-state index >= 15 is 0 Å². The smallest absolute Gasteiger partial charge is 0.182 e. The first-order chi connectivity index (χ1) is 8.31. The summed E-state index contributed by atoms with van der Waals surface area (Å²) in [4.78, 5) is 4.20. The van der Waals surface area contributed by atoms with E-state index in [0.29, 0.717) is 12.0 Å². The van der Waals surface area contributed by atoms with Gasteiger partial charge >= 0.3 is 0 Å². The van der Waals surface area contributed by atoms with Crippen molar-refractivity contribution >= 4 is 16.5 Å². The van der Waals surface area contributed by atoms with Crippen LogP contribution < -0.4 is 5.32 Å². The van der Waals surface area contributed by atoms with Gasteiger partial charge < -0.3 is 5.32 Å². The molecule has 1 aromatic carbocycles. The monoisotopic (exact) mass is 248 g/mol. The van der Waals surface area contributed by atoms with Gasteiger partial charge in [0.2, 0.25) is 0 Å². The molecule has 4 heteroatoms. The number of rotatable bonds is 3. The van der Waals surface area contributed by atoms with Crippen LogP contribution >= 0.6 is 11.3 Å². The van der Waals surface area contributed by atoms with Crippen molar-refractivity contribution < 1.29 is 4.39 Å².